The van der Waals surface area contributed by atoms with Gasteiger partial charge in [-0.15, -0.1) is 0 Å². The molecule has 0 aliphatic rings. The zero-order valence-electron chi connectivity index (χ0n) is 11.3. The molecule has 1 atom stereocenters. The Hall–Kier alpha value is -1.58. The highest BCUT2D eigenvalue weighted by molar-refractivity contribution is 9.10. The predicted octanol–water partition coefficient (Wildman–Crippen LogP) is 4.70. The Morgan fingerprint density at radius 1 is 1.10 bits per heavy atom. The van der Waals surface area contributed by atoms with Crippen LogP contribution >= 0.6 is 15.9 Å². The van der Waals surface area contributed by atoms with E-state index in [0.29, 0.717) is 0 Å². The van der Waals surface area contributed by atoms with Gasteiger partial charge in [-0.25, -0.2) is 0 Å². The minimum Gasteiger partial charge on any atom is -0.457 e. The van der Waals surface area contributed by atoms with E-state index >= 15 is 0 Å². The summed E-state index contributed by atoms with van der Waals surface area (Å²) in [6, 6.07) is 17.3. The summed E-state index contributed by atoms with van der Waals surface area (Å²) in [5, 5.41) is 5.91. The van der Waals surface area contributed by atoms with Gasteiger partial charge >= 0.3 is 0 Å². The van der Waals surface area contributed by atoms with Crippen LogP contribution in [0.3, 0.4) is 0 Å². The second-order valence-corrected chi connectivity index (χ2v) is 5.60. The molecule has 20 heavy (non-hydrogen) atoms. The van der Waals surface area contributed by atoms with E-state index in [2.05, 4.69) is 63.7 Å². The van der Waals surface area contributed by atoms with Crippen LogP contribution in [-0.2, 0) is 6.42 Å². The van der Waals surface area contributed by atoms with E-state index in [0.717, 1.165) is 16.7 Å². The molecule has 0 saturated heterocycles. The van der Waals surface area contributed by atoms with Crippen molar-refractivity contribution in [3.63, 3.8) is 0 Å². The molecule has 1 unspecified atom stereocenters. The number of furan rings is 1. The van der Waals surface area contributed by atoms with E-state index in [1.54, 1.807) is 6.26 Å². The molecule has 0 radical (unpaired) electrons. The van der Waals surface area contributed by atoms with Gasteiger partial charge in [0.25, 0.3) is 0 Å². The van der Waals surface area contributed by atoms with Crippen molar-refractivity contribution >= 4 is 26.7 Å². The van der Waals surface area contributed by atoms with Crippen molar-refractivity contribution in [1.82, 2.24) is 5.32 Å². The van der Waals surface area contributed by atoms with Crippen molar-refractivity contribution in [1.29, 1.82) is 0 Å². The maximum absolute atomic E-state index is 5.33. The smallest absolute Gasteiger partial charge is 0.173 e. The van der Waals surface area contributed by atoms with Crippen LogP contribution in [0.2, 0.25) is 0 Å². The molecule has 102 valence electrons. The first-order valence-corrected chi connectivity index (χ1v) is 7.45. The molecule has 0 bridgehead atoms. The average Bonchev–Trinajstić information content (AvgIpc) is 2.91. The standard InChI is InChI=1S/C17H16BrNO/c1-19-16(15-8-9-20-17(15)18)11-12-6-7-13-4-2-3-5-14(13)10-12/h2-10,16,19H,11H2,1H3. The Bertz CT molecular complexity index is 720. The molecule has 0 saturated carbocycles. The largest absolute Gasteiger partial charge is 0.457 e. The third-order valence-corrected chi connectivity index (χ3v) is 4.27. The van der Waals surface area contributed by atoms with Gasteiger partial charge in [0.1, 0.15) is 0 Å². The number of hydrogen-bond donors (Lipinski definition) is 1. The highest BCUT2D eigenvalue weighted by Crippen LogP contribution is 2.27. The minimum atomic E-state index is 0.240. The normalized spacial score (nSPS) is 12.7. The molecule has 3 heteroatoms. The van der Waals surface area contributed by atoms with E-state index in [9.17, 15) is 0 Å². The molecule has 0 amide bonds. The summed E-state index contributed by atoms with van der Waals surface area (Å²) >= 11 is 3.45. The van der Waals surface area contributed by atoms with Gasteiger partial charge in [-0.2, -0.15) is 0 Å². The Morgan fingerprint density at radius 3 is 2.60 bits per heavy atom. The van der Waals surface area contributed by atoms with Gasteiger partial charge < -0.3 is 9.73 Å². The number of hydrogen-bond acceptors (Lipinski definition) is 2. The summed E-state index contributed by atoms with van der Waals surface area (Å²) in [7, 11) is 1.98. The lowest BCUT2D eigenvalue weighted by molar-refractivity contribution is 0.518. The van der Waals surface area contributed by atoms with Crippen LogP contribution in [0.4, 0.5) is 0 Å². The lowest BCUT2D eigenvalue weighted by Crippen LogP contribution is -2.18. The number of nitrogens with one attached hydrogen (secondary N) is 1. The first-order valence-electron chi connectivity index (χ1n) is 6.66. The van der Waals surface area contributed by atoms with Crippen molar-refractivity contribution in [2.45, 2.75) is 12.5 Å². The molecule has 0 fully saturated rings. The third kappa shape index (κ3) is 2.65. The van der Waals surface area contributed by atoms with Gasteiger partial charge in [-0.1, -0.05) is 42.5 Å². The van der Waals surface area contributed by atoms with Crippen molar-refractivity contribution in [3.05, 3.63) is 70.6 Å². The van der Waals surface area contributed by atoms with Gasteiger partial charge in [0.2, 0.25) is 0 Å². The van der Waals surface area contributed by atoms with Crippen LogP contribution < -0.4 is 5.32 Å². The summed E-state index contributed by atoms with van der Waals surface area (Å²) < 4.78 is 6.14. The lowest BCUT2D eigenvalue weighted by atomic mass is 9.99. The molecule has 0 aliphatic heterocycles. The topological polar surface area (TPSA) is 25.2 Å². The molecule has 1 N–H and O–H groups in total. The van der Waals surface area contributed by atoms with Gasteiger partial charge in [-0.3, -0.25) is 0 Å². The zero-order valence-corrected chi connectivity index (χ0v) is 12.9. The maximum atomic E-state index is 5.33. The molecule has 2 nitrogen and oxygen atoms in total. The highest BCUT2D eigenvalue weighted by Gasteiger charge is 2.15. The Labute approximate surface area is 126 Å². The number of halogens is 1. The molecule has 0 aliphatic carbocycles. The summed E-state index contributed by atoms with van der Waals surface area (Å²) in [6.45, 7) is 0. The van der Waals surface area contributed by atoms with Crippen LogP contribution in [0.1, 0.15) is 17.2 Å². The Balaban J connectivity index is 1.89. The van der Waals surface area contributed by atoms with Crippen LogP contribution in [0.25, 0.3) is 10.8 Å². The SMILES string of the molecule is CNC(Cc1ccc2ccccc2c1)c1ccoc1Br. The third-order valence-electron chi connectivity index (χ3n) is 3.62. The second kappa shape index (κ2) is 5.81. The second-order valence-electron chi connectivity index (χ2n) is 4.88. The van der Waals surface area contributed by atoms with Crippen LogP contribution in [-0.4, -0.2) is 7.05 Å². The van der Waals surface area contributed by atoms with Gasteiger partial charge in [0, 0.05) is 11.6 Å². The van der Waals surface area contributed by atoms with Crippen LogP contribution in [0.5, 0.6) is 0 Å². The van der Waals surface area contributed by atoms with E-state index in [1.807, 2.05) is 13.1 Å². The van der Waals surface area contributed by atoms with Crippen molar-refractivity contribution < 1.29 is 4.42 Å². The highest BCUT2D eigenvalue weighted by atomic mass is 79.9. The molecule has 2 aromatic carbocycles. The van der Waals surface area contributed by atoms with Gasteiger partial charge in [0.15, 0.2) is 4.67 Å². The fourth-order valence-electron chi connectivity index (χ4n) is 2.52. The first-order chi connectivity index (χ1) is 9.78. The molecular weight excluding hydrogens is 314 g/mol. The fourth-order valence-corrected chi connectivity index (χ4v) is 3.04. The van der Waals surface area contributed by atoms with E-state index in [-0.39, 0.29) is 6.04 Å². The maximum Gasteiger partial charge on any atom is 0.173 e. The van der Waals surface area contributed by atoms with Gasteiger partial charge in [0.05, 0.1) is 6.26 Å². The average molecular weight is 330 g/mol. The van der Waals surface area contributed by atoms with E-state index in [1.165, 1.54) is 16.3 Å². The zero-order chi connectivity index (χ0) is 13.9. The predicted molar refractivity (Wildman–Crippen MR) is 85.9 cm³/mol. The quantitative estimate of drug-likeness (QED) is 0.750. The van der Waals surface area contributed by atoms with Gasteiger partial charge in [-0.05, 0) is 51.8 Å². The molecule has 1 heterocycles. The first kappa shape index (κ1) is 13.4. The molecule has 3 aromatic rings. The molecule has 0 spiro atoms. The molecule has 3 rings (SSSR count). The Morgan fingerprint density at radius 2 is 1.90 bits per heavy atom. The lowest BCUT2D eigenvalue weighted by Gasteiger charge is -2.15. The van der Waals surface area contributed by atoms with Crippen LogP contribution in [0, 0.1) is 0 Å². The van der Waals surface area contributed by atoms with Crippen molar-refractivity contribution in [2.75, 3.05) is 7.05 Å². The van der Waals surface area contributed by atoms with E-state index in [4.69, 9.17) is 4.42 Å². The monoisotopic (exact) mass is 329 g/mol. The molecular formula is C17H16BrNO. The number of fused-ring (bicyclic) bond motifs is 1. The van der Waals surface area contributed by atoms with Crippen molar-refractivity contribution in [2.24, 2.45) is 0 Å². The number of benzene rings is 2. The van der Waals surface area contributed by atoms with Crippen molar-refractivity contribution in [3.8, 4) is 0 Å². The minimum absolute atomic E-state index is 0.240. The van der Waals surface area contributed by atoms with E-state index < -0.39 is 0 Å². The summed E-state index contributed by atoms with van der Waals surface area (Å²) in [4.78, 5) is 0. The number of rotatable bonds is 4. The Kier molecular flexibility index (Phi) is 3.90. The summed E-state index contributed by atoms with van der Waals surface area (Å²) in [6.07, 6.45) is 2.64. The summed E-state index contributed by atoms with van der Waals surface area (Å²) in [5.74, 6) is 0. The number of likely N-dealkylation sites (N-methyl/N-ethyl adjacent to an activating group) is 1. The van der Waals surface area contributed by atoms with Crippen LogP contribution in [0.15, 0.2) is 63.9 Å². The summed E-state index contributed by atoms with van der Waals surface area (Å²) in [5.41, 5.74) is 2.47. The molecule has 1 aromatic heterocycles. The fraction of sp³-hybridized carbons (Fsp3) is 0.176.